The molecule has 0 amide bonds. The Labute approximate surface area is 91.4 Å². The van der Waals surface area contributed by atoms with Crippen molar-refractivity contribution in [1.29, 1.82) is 5.26 Å². The SMILES string of the molecule is N#Cc1cncc(-c2ccc(O)cc2F)c1. The Morgan fingerprint density at radius 3 is 2.75 bits per heavy atom. The zero-order valence-electron chi connectivity index (χ0n) is 8.18. The maximum Gasteiger partial charge on any atom is 0.134 e. The van der Waals surface area contributed by atoms with Crippen LogP contribution >= 0.6 is 0 Å². The van der Waals surface area contributed by atoms with Crippen LogP contribution in [0.1, 0.15) is 5.56 Å². The van der Waals surface area contributed by atoms with E-state index >= 15 is 0 Å². The summed E-state index contributed by atoms with van der Waals surface area (Å²) in [5.74, 6) is -0.678. The summed E-state index contributed by atoms with van der Waals surface area (Å²) in [5, 5.41) is 17.8. The first kappa shape index (κ1) is 10.1. The van der Waals surface area contributed by atoms with E-state index in [1.807, 2.05) is 6.07 Å². The summed E-state index contributed by atoms with van der Waals surface area (Å²) < 4.78 is 13.5. The van der Waals surface area contributed by atoms with Gasteiger partial charge in [-0.3, -0.25) is 4.98 Å². The number of pyridine rings is 1. The van der Waals surface area contributed by atoms with E-state index in [1.54, 1.807) is 6.07 Å². The standard InChI is InChI=1S/C12H7FN2O/c13-12-4-10(16)1-2-11(12)9-3-8(5-14)6-15-7-9/h1-4,6-7,16H. The summed E-state index contributed by atoms with van der Waals surface area (Å²) in [7, 11) is 0. The molecule has 1 N–H and O–H groups in total. The van der Waals surface area contributed by atoms with Crippen LogP contribution < -0.4 is 0 Å². The van der Waals surface area contributed by atoms with Gasteiger partial charge in [0.05, 0.1) is 5.56 Å². The molecule has 16 heavy (non-hydrogen) atoms. The number of phenolic OH excluding ortho intramolecular Hbond substituents is 1. The van der Waals surface area contributed by atoms with Crippen molar-refractivity contribution in [3.05, 3.63) is 48.0 Å². The van der Waals surface area contributed by atoms with E-state index in [-0.39, 0.29) is 5.75 Å². The van der Waals surface area contributed by atoms with Crippen LogP contribution in [0.4, 0.5) is 4.39 Å². The first-order chi connectivity index (χ1) is 7.70. The molecule has 3 nitrogen and oxygen atoms in total. The molecule has 0 bridgehead atoms. The number of benzene rings is 1. The van der Waals surface area contributed by atoms with Crippen molar-refractivity contribution < 1.29 is 9.50 Å². The zero-order chi connectivity index (χ0) is 11.5. The van der Waals surface area contributed by atoms with E-state index in [0.29, 0.717) is 16.7 Å². The maximum atomic E-state index is 13.5. The number of halogens is 1. The Hall–Kier alpha value is -2.41. The lowest BCUT2D eigenvalue weighted by molar-refractivity contribution is 0.469. The topological polar surface area (TPSA) is 56.9 Å². The fourth-order valence-electron chi connectivity index (χ4n) is 1.39. The number of aromatic nitrogens is 1. The smallest absolute Gasteiger partial charge is 0.134 e. The Morgan fingerprint density at radius 1 is 1.25 bits per heavy atom. The first-order valence-corrected chi connectivity index (χ1v) is 4.55. The molecule has 0 saturated carbocycles. The summed E-state index contributed by atoms with van der Waals surface area (Å²) in [6, 6.07) is 7.33. The number of hydrogen-bond acceptors (Lipinski definition) is 3. The van der Waals surface area contributed by atoms with Crippen LogP contribution in [-0.4, -0.2) is 10.1 Å². The third-order valence-corrected chi connectivity index (χ3v) is 2.13. The van der Waals surface area contributed by atoms with E-state index in [0.717, 1.165) is 6.07 Å². The number of rotatable bonds is 1. The van der Waals surface area contributed by atoms with Gasteiger partial charge in [-0.15, -0.1) is 0 Å². The molecule has 0 fully saturated rings. The fraction of sp³-hybridized carbons (Fsp3) is 0. The molecule has 0 spiro atoms. The molecule has 78 valence electrons. The molecule has 0 radical (unpaired) electrons. The number of nitriles is 1. The van der Waals surface area contributed by atoms with Crippen molar-refractivity contribution in [2.75, 3.05) is 0 Å². The lowest BCUT2D eigenvalue weighted by Gasteiger charge is -2.03. The summed E-state index contributed by atoms with van der Waals surface area (Å²) in [5.41, 5.74) is 1.18. The molecule has 1 aromatic carbocycles. The number of nitrogens with zero attached hydrogens (tertiary/aromatic N) is 2. The normalized spacial score (nSPS) is 9.75. The molecule has 2 aromatic rings. The Balaban J connectivity index is 2.55. The van der Waals surface area contributed by atoms with Gasteiger partial charge in [0, 0.05) is 29.6 Å². The van der Waals surface area contributed by atoms with Crippen molar-refractivity contribution in [3.8, 4) is 22.9 Å². The molecule has 0 saturated heterocycles. The minimum absolute atomic E-state index is 0.134. The number of aromatic hydroxyl groups is 1. The lowest BCUT2D eigenvalue weighted by atomic mass is 10.1. The van der Waals surface area contributed by atoms with E-state index in [2.05, 4.69) is 4.98 Å². The second-order valence-electron chi connectivity index (χ2n) is 3.24. The zero-order valence-corrected chi connectivity index (χ0v) is 8.18. The van der Waals surface area contributed by atoms with Crippen molar-refractivity contribution in [2.24, 2.45) is 0 Å². The van der Waals surface area contributed by atoms with Crippen molar-refractivity contribution >= 4 is 0 Å². The van der Waals surface area contributed by atoms with E-state index < -0.39 is 5.82 Å². The van der Waals surface area contributed by atoms with Gasteiger partial charge < -0.3 is 5.11 Å². The molecular formula is C12H7FN2O. The highest BCUT2D eigenvalue weighted by atomic mass is 19.1. The van der Waals surface area contributed by atoms with Crippen LogP contribution in [0.3, 0.4) is 0 Å². The van der Waals surface area contributed by atoms with Crippen LogP contribution in [-0.2, 0) is 0 Å². The summed E-state index contributed by atoms with van der Waals surface area (Å²) in [6.07, 6.45) is 2.87. The highest BCUT2D eigenvalue weighted by Gasteiger charge is 2.06. The monoisotopic (exact) mass is 214 g/mol. The van der Waals surface area contributed by atoms with Crippen molar-refractivity contribution in [1.82, 2.24) is 4.98 Å². The molecule has 0 aliphatic heterocycles. The van der Waals surface area contributed by atoms with E-state index in [4.69, 9.17) is 10.4 Å². The Bertz CT molecular complexity index is 575. The minimum atomic E-state index is -0.545. The van der Waals surface area contributed by atoms with Crippen LogP contribution in [0, 0.1) is 17.1 Å². The molecule has 0 unspecified atom stereocenters. The second kappa shape index (κ2) is 3.99. The van der Waals surface area contributed by atoms with Crippen molar-refractivity contribution in [2.45, 2.75) is 0 Å². The van der Waals surface area contributed by atoms with Gasteiger partial charge in [0.25, 0.3) is 0 Å². The van der Waals surface area contributed by atoms with Crippen LogP contribution in [0.25, 0.3) is 11.1 Å². The van der Waals surface area contributed by atoms with Gasteiger partial charge >= 0.3 is 0 Å². The Morgan fingerprint density at radius 2 is 2.06 bits per heavy atom. The van der Waals surface area contributed by atoms with Gasteiger partial charge in [-0.25, -0.2) is 4.39 Å². The van der Waals surface area contributed by atoms with Gasteiger partial charge in [0.15, 0.2) is 0 Å². The molecule has 2 rings (SSSR count). The third kappa shape index (κ3) is 1.84. The van der Waals surface area contributed by atoms with Gasteiger partial charge in [-0.05, 0) is 18.2 Å². The van der Waals surface area contributed by atoms with Gasteiger partial charge in [-0.1, -0.05) is 0 Å². The summed E-state index contributed by atoms with van der Waals surface area (Å²) in [6.45, 7) is 0. The number of phenols is 1. The first-order valence-electron chi connectivity index (χ1n) is 4.55. The van der Waals surface area contributed by atoms with Gasteiger partial charge in [-0.2, -0.15) is 5.26 Å². The highest BCUT2D eigenvalue weighted by molar-refractivity contribution is 5.65. The largest absolute Gasteiger partial charge is 0.508 e. The van der Waals surface area contributed by atoms with Gasteiger partial charge in [0.2, 0.25) is 0 Å². The van der Waals surface area contributed by atoms with Crippen LogP contribution in [0.5, 0.6) is 5.75 Å². The second-order valence-corrected chi connectivity index (χ2v) is 3.24. The molecular weight excluding hydrogens is 207 g/mol. The minimum Gasteiger partial charge on any atom is -0.508 e. The average Bonchev–Trinajstić information content (AvgIpc) is 2.29. The molecule has 0 aliphatic rings. The Kier molecular flexibility index (Phi) is 2.52. The van der Waals surface area contributed by atoms with E-state index in [1.165, 1.54) is 24.5 Å². The lowest BCUT2D eigenvalue weighted by Crippen LogP contribution is -1.87. The highest BCUT2D eigenvalue weighted by Crippen LogP contribution is 2.25. The van der Waals surface area contributed by atoms with E-state index in [9.17, 15) is 4.39 Å². The quantitative estimate of drug-likeness (QED) is 0.793. The summed E-state index contributed by atoms with van der Waals surface area (Å²) in [4.78, 5) is 3.84. The predicted molar refractivity (Wildman–Crippen MR) is 56.0 cm³/mol. The number of hydrogen-bond donors (Lipinski definition) is 1. The maximum absolute atomic E-state index is 13.5. The average molecular weight is 214 g/mol. The van der Waals surface area contributed by atoms with Crippen LogP contribution in [0.2, 0.25) is 0 Å². The molecule has 4 heteroatoms. The molecule has 0 aliphatic carbocycles. The fourth-order valence-corrected chi connectivity index (χ4v) is 1.39. The predicted octanol–water partition coefficient (Wildman–Crippen LogP) is 2.46. The van der Waals surface area contributed by atoms with Crippen LogP contribution in [0.15, 0.2) is 36.7 Å². The van der Waals surface area contributed by atoms with Crippen molar-refractivity contribution in [3.63, 3.8) is 0 Å². The molecule has 1 aromatic heterocycles. The third-order valence-electron chi connectivity index (χ3n) is 2.13. The van der Waals surface area contributed by atoms with Gasteiger partial charge in [0.1, 0.15) is 17.6 Å². The summed E-state index contributed by atoms with van der Waals surface area (Å²) >= 11 is 0. The molecule has 1 heterocycles. The molecule has 0 atom stereocenters.